The average Bonchev–Trinajstić information content (AvgIpc) is 2.15. The fourth-order valence-corrected chi connectivity index (χ4v) is 0.954. The van der Waals surface area contributed by atoms with Gasteiger partial charge in [-0.15, -0.1) is 0 Å². The first-order chi connectivity index (χ1) is 6.25. The van der Waals surface area contributed by atoms with Gasteiger partial charge in [0.25, 0.3) is 0 Å². The number of carbonyl (C=O) groups is 1. The number of rotatable bonds is 3. The van der Waals surface area contributed by atoms with Crippen LogP contribution in [0.25, 0.3) is 0 Å². The summed E-state index contributed by atoms with van der Waals surface area (Å²) in [5, 5.41) is 9.26. The van der Waals surface area contributed by atoms with E-state index in [1.54, 1.807) is 12.1 Å². The highest BCUT2D eigenvalue weighted by Gasteiger charge is 2.10. The molecule has 0 amide bonds. The molecule has 0 aliphatic rings. The SMILES string of the molecule is O=C(OCCS)c1ccccc1O. The molecule has 1 N–H and O–H groups in total. The van der Waals surface area contributed by atoms with Crippen molar-refractivity contribution in [1.82, 2.24) is 0 Å². The topological polar surface area (TPSA) is 46.5 Å². The van der Waals surface area contributed by atoms with Crippen LogP contribution in [0.1, 0.15) is 10.4 Å². The molecule has 0 heterocycles. The van der Waals surface area contributed by atoms with Crippen LogP contribution in [0.4, 0.5) is 0 Å². The Hall–Kier alpha value is -1.16. The van der Waals surface area contributed by atoms with Crippen molar-refractivity contribution in [2.45, 2.75) is 0 Å². The van der Waals surface area contributed by atoms with Crippen molar-refractivity contribution in [2.24, 2.45) is 0 Å². The van der Waals surface area contributed by atoms with Crippen molar-refractivity contribution in [3.8, 4) is 5.75 Å². The van der Waals surface area contributed by atoms with E-state index in [1.165, 1.54) is 12.1 Å². The predicted molar refractivity (Wildman–Crippen MR) is 52.2 cm³/mol. The predicted octanol–water partition coefficient (Wildman–Crippen LogP) is 1.48. The van der Waals surface area contributed by atoms with Crippen LogP contribution in [-0.4, -0.2) is 23.4 Å². The van der Waals surface area contributed by atoms with Crippen LogP contribution in [0.5, 0.6) is 5.75 Å². The van der Waals surface area contributed by atoms with Gasteiger partial charge < -0.3 is 9.84 Å². The molecule has 1 aromatic carbocycles. The van der Waals surface area contributed by atoms with E-state index in [4.69, 9.17) is 4.74 Å². The Balaban J connectivity index is 2.71. The van der Waals surface area contributed by atoms with Crippen molar-refractivity contribution >= 4 is 18.6 Å². The zero-order chi connectivity index (χ0) is 9.68. The molecule has 4 heteroatoms. The fraction of sp³-hybridized carbons (Fsp3) is 0.222. The van der Waals surface area contributed by atoms with E-state index in [0.717, 1.165) is 0 Å². The van der Waals surface area contributed by atoms with Crippen LogP contribution in [-0.2, 0) is 4.74 Å². The van der Waals surface area contributed by atoms with Gasteiger partial charge in [0.2, 0.25) is 0 Å². The second-order valence-corrected chi connectivity index (χ2v) is 2.82. The number of carbonyl (C=O) groups excluding carboxylic acids is 1. The molecule has 0 fully saturated rings. The molecule has 0 saturated carbocycles. The van der Waals surface area contributed by atoms with Crippen molar-refractivity contribution in [1.29, 1.82) is 0 Å². The lowest BCUT2D eigenvalue weighted by Crippen LogP contribution is -2.07. The summed E-state index contributed by atoms with van der Waals surface area (Å²) in [5.74, 6) is -0.113. The maximum Gasteiger partial charge on any atom is 0.341 e. The Bertz CT molecular complexity index is 299. The summed E-state index contributed by atoms with van der Waals surface area (Å²) in [4.78, 5) is 11.2. The number of hydrogen-bond donors (Lipinski definition) is 2. The molecule has 70 valence electrons. The van der Waals surface area contributed by atoms with E-state index in [1.807, 2.05) is 0 Å². The Kier molecular flexibility index (Phi) is 3.64. The smallest absolute Gasteiger partial charge is 0.341 e. The Morgan fingerprint density at radius 2 is 2.15 bits per heavy atom. The standard InChI is InChI=1S/C9H10O3S/c10-8-4-2-1-3-7(8)9(11)12-5-6-13/h1-4,10,13H,5-6H2. The van der Waals surface area contributed by atoms with Crippen LogP contribution in [0.15, 0.2) is 24.3 Å². The maximum atomic E-state index is 11.2. The van der Waals surface area contributed by atoms with Crippen LogP contribution < -0.4 is 0 Å². The number of phenolic OH excluding ortho intramolecular Hbond substituents is 1. The summed E-state index contributed by atoms with van der Waals surface area (Å²) in [5.41, 5.74) is 0.185. The molecule has 0 radical (unpaired) electrons. The van der Waals surface area contributed by atoms with Gasteiger partial charge in [-0.05, 0) is 12.1 Å². The molecule has 3 nitrogen and oxygen atoms in total. The highest BCUT2D eigenvalue weighted by molar-refractivity contribution is 7.80. The minimum atomic E-state index is -0.521. The van der Waals surface area contributed by atoms with Gasteiger partial charge in [0.15, 0.2) is 0 Å². The molecule has 1 aromatic rings. The van der Waals surface area contributed by atoms with E-state index in [2.05, 4.69) is 12.6 Å². The van der Waals surface area contributed by atoms with Crippen molar-refractivity contribution < 1.29 is 14.6 Å². The zero-order valence-corrected chi connectivity index (χ0v) is 7.83. The molecule has 0 atom stereocenters. The molecule has 0 spiro atoms. The van der Waals surface area contributed by atoms with Crippen molar-refractivity contribution in [3.05, 3.63) is 29.8 Å². The molecule has 13 heavy (non-hydrogen) atoms. The van der Waals surface area contributed by atoms with E-state index in [-0.39, 0.29) is 17.9 Å². The largest absolute Gasteiger partial charge is 0.507 e. The zero-order valence-electron chi connectivity index (χ0n) is 6.93. The first kappa shape index (κ1) is 9.92. The number of benzene rings is 1. The van der Waals surface area contributed by atoms with Crippen LogP contribution in [0.2, 0.25) is 0 Å². The molecule has 0 saturated heterocycles. The van der Waals surface area contributed by atoms with Gasteiger partial charge in [0, 0.05) is 5.75 Å². The summed E-state index contributed by atoms with van der Waals surface area (Å²) in [6.07, 6.45) is 0. The van der Waals surface area contributed by atoms with E-state index in [9.17, 15) is 9.90 Å². The van der Waals surface area contributed by atoms with Crippen LogP contribution >= 0.6 is 12.6 Å². The Labute approximate surface area is 81.8 Å². The number of phenols is 1. The van der Waals surface area contributed by atoms with Gasteiger partial charge in [0.1, 0.15) is 17.9 Å². The Morgan fingerprint density at radius 3 is 2.77 bits per heavy atom. The lowest BCUT2D eigenvalue weighted by molar-refractivity contribution is 0.0527. The third-order valence-electron chi connectivity index (χ3n) is 1.45. The Morgan fingerprint density at radius 1 is 1.46 bits per heavy atom. The lowest BCUT2D eigenvalue weighted by Gasteiger charge is -2.03. The van der Waals surface area contributed by atoms with Gasteiger partial charge >= 0.3 is 5.97 Å². The molecule has 0 unspecified atom stereocenters. The number of para-hydroxylation sites is 1. The quantitative estimate of drug-likeness (QED) is 0.571. The summed E-state index contributed by atoms with van der Waals surface area (Å²) >= 11 is 3.89. The van der Waals surface area contributed by atoms with Gasteiger partial charge in [-0.25, -0.2) is 4.79 Å². The maximum absolute atomic E-state index is 11.2. The number of thiol groups is 1. The van der Waals surface area contributed by atoms with Crippen molar-refractivity contribution in [3.63, 3.8) is 0 Å². The molecule has 0 bridgehead atoms. The fourth-order valence-electron chi connectivity index (χ4n) is 0.862. The molecule has 0 aromatic heterocycles. The number of hydrogen-bond acceptors (Lipinski definition) is 4. The average molecular weight is 198 g/mol. The minimum absolute atomic E-state index is 0.0633. The highest BCUT2D eigenvalue weighted by Crippen LogP contribution is 2.16. The monoisotopic (exact) mass is 198 g/mol. The van der Waals surface area contributed by atoms with Crippen molar-refractivity contribution in [2.75, 3.05) is 12.4 Å². The van der Waals surface area contributed by atoms with Crippen LogP contribution in [0, 0.1) is 0 Å². The molecule has 0 aliphatic carbocycles. The van der Waals surface area contributed by atoms with Crippen LogP contribution in [0.3, 0.4) is 0 Å². The van der Waals surface area contributed by atoms with Gasteiger partial charge in [-0.1, -0.05) is 12.1 Å². The van der Waals surface area contributed by atoms with Gasteiger partial charge in [0.05, 0.1) is 0 Å². The summed E-state index contributed by atoms with van der Waals surface area (Å²) < 4.78 is 4.78. The lowest BCUT2D eigenvalue weighted by atomic mass is 10.2. The first-order valence-corrected chi connectivity index (χ1v) is 4.45. The highest BCUT2D eigenvalue weighted by atomic mass is 32.1. The van der Waals surface area contributed by atoms with E-state index in [0.29, 0.717) is 5.75 Å². The summed E-state index contributed by atoms with van der Waals surface area (Å²) in [7, 11) is 0. The van der Waals surface area contributed by atoms with Gasteiger partial charge in [-0.3, -0.25) is 0 Å². The second kappa shape index (κ2) is 4.77. The number of ether oxygens (including phenoxy) is 1. The third kappa shape index (κ3) is 2.66. The second-order valence-electron chi connectivity index (χ2n) is 2.38. The first-order valence-electron chi connectivity index (χ1n) is 3.81. The van der Waals surface area contributed by atoms with Gasteiger partial charge in [-0.2, -0.15) is 12.6 Å². The third-order valence-corrected chi connectivity index (χ3v) is 1.63. The number of aromatic hydroxyl groups is 1. The molecule has 1 rings (SSSR count). The summed E-state index contributed by atoms with van der Waals surface area (Å²) in [6.45, 7) is 0.246. The molecular formula is C9H10O3S. The summed E-state index contributed by atoms with van der Waals surface area (Å²) in [6, 6.07) is 6.26. The van der Waals surface area contributed by atoms with E-state index < -0.39 is 5.97 Å². The normalized spacial score (nSPS) is 9.62. The van der Waals surface area contributed by atoms with E-state index >= 15 is 0 Å². The molecule has 0 aliphatic heterocycles. The minimum Gasteiger partial charge on any atom is -0.507 e. The molecular weight excluding hydrogens is 188 g/mol. The number of esters is 1.